The summed E-state index contributed by atoms with van der Waals surface area (Å²) in [5.41, 5.74) is 6.75. The molecule has 2 aromatic rings. The Bertz CT molecular complexity index is 555. The van der Waals surface area contributed by atoms with Crippen molar-refractivity contribution in [1.29, 1.82) is 5.41 Å². The third-order valence-corrected chi connectivity index (χ3v) is 2.78. The molecule has 86 valence electrons. The Morgan fingerprint density at radius 1 is 1.29 bits per heavy atom. The van der Waals surface area contributed by atoms with Crippen LogP contribution >= 0.6 is 11.8 Å². The highest BCUT2D eigenvalue weighted by Gasteiger charge is 2.04. The first kappa shape index (κ1) is 11.5. The fourth-order valence-corrected chi connectivity index (χ4v) is 1.97. The predicted molar refractivity (Wildman–Crippen MR) is 66.1 cm³/mol. The first-order valence-electron chi connectivity index (χ1n) is 4.94. The Morgan fingerprint density at radius 3 is 2.82 bits per heavy atom. The number of aryl methyl sites for hydroxylation is 1. The van der Waals surface area contributed by atoms with Crippen LogP contribution in [0.3, 0.4) is 0 Å². The summed E-state index contributed by atoms with van der Waals surface area (Å²) < 4.78 is 0. The van der Waals surface area contributed by atoms with Crippen LogP contribution in [0.5, 0.6) is 0 Å². The lowest BCUT2D eigenvalue weighted by Gasteiger charge is -2.02. The molecule has 0 radical (unpaired) electrons. The van der Waals surface area contributed by atoms with Gasteiger partial charge >= 0.3 is 0 Å². The van der Waals surface area contributed by atoms with E-state index < -0.39 is 0 Å². The maximum atomic E-state index is 7.32. The Labute approximate surface area is 103 Å². The van der Waals surface area contributed by atoms with Gasteiger partial charge in [0, 0.05) is 11.9 Å². The molecule has 0 atom stereocenters. The van der Waals surface area contributed by atoms with Crippen molar-refractivity contribution in [1.82, 2.24) is 15.0 Å². The highest BCUT2D eigenvalue weighted by Crippen LogP contribution is 2.22. The molecular formula is C11H11N5S. The molecular weight excluding hydrogens is 234 g/mol. The van der Waals surface area contributed by atoms with E-state index in [4.69, 9.17) is 11.1 Å². The minimum Gasteiger partial charge on any atom is -0.382 e. The molecule has 0 aromatic carbocycles. The largest absolute Gasteiger partial charge is 0.382 e. The molecule has 2 aromatic heterocycles. The van der Waals surface area contributed by atoms with Crippen LogP contribution in [0, 0.1) is 12.3 Å². The van der Waals surface area contributed by atoms with Crippen LogP contribution in [0.4, 0.5) is 0 Å². The summed E-state index contributed by atoms with van der Waals surface area (Å²) in [6.07, 6.45) is 1.71. The molecule has 0 saturated heterocycles. The van der Waals surface area contributed by atoms with Gasteiger partial charge in [-0.05, 0) is 36.9 Å². The van der Waals surface area contributed by atoms with Gasteiger partial charge in [-0.15, -0.1) is 0 Å². The van der Waals surface area contributed by atoms with Gasteiger partial charge in [0.15, 0.2) is 5.16 Å². The molecule has 17 heavy (non-hydrogen) atoms. The molecule has 6 heteroatoms. The standard InChI is InChI=1S/C11H11N5S/c1-7-5-6-14-11(15-7)17-9-4-2-3-8(16-9)10(12)13/h2-6H,1H3,(H3,12,13). The van der Waals surface area contributed by atoms with Crippen molar-refractivity contribution < 1.29 is 0 Å². The van der Waals surface area contributed by atoms with Gasteiger partial charge in [0.05, 0.1) is 0 Å². The Balaban J connectivity index is 2.24. The summed E-state index contributed by atoms with van der Waals surface area (Å²) in [6, 6.07) is 7.18. The minimum atomic E-state index is -0.0439. The van der Waals surface area contributed by atoms with Crippen molar-refractivity contribution in [2.75, 3.05) is 0 Å². The molecule has 3 N–H and O–H groups in total. The van der Waals surface area contributed by atoms with Crippen LogP contribution in [0.15, 0.2) is 40.6 Å². The van der Waals surface area contributed by atoms with E-state index in [2.05, 4.69) is 15.0 Å². The summed E-state index contributed by atoms with van der Waals surface area (Å²) >= 11 is 1.35. The second kappa shape index (κ2) is 4.92. The van der Waals surface area contributed by atoms with Crippen LogP contribution in [-0.2, 0) is 0 Å². The highest BCUT2D eigenvalue weighted by atomic mass is 32.2. The van der Waals surface area contributed by atoms with Gasteiger partial charge in [-0.1, -0.05) is 6.07 Å². The van der Waals surface area contributed by atoms with Crippen molar-refractivity contribution in [3.8, 4) is 0 Å². The van der Waals surface area contributed by atoms with Gasteiger partial charge in [-0.2, -0.15) is 0 Å². The zero-order chi connectivity index (χ0) is 12.3. The fraction of sp³-hybridized carbons (Fsp3) is 0.0909. The smallest absolute Gasteiger partial charge is 0.194 e. The van der Waals surface area contributed by atoms with Crippen molar-refractivity contribution in [2.45, 2.75) is 17.1 Å². The summed E-state index contributed by atoms with van der Waals surface area (Å²) in [5, 5.41) is 8.68. The molecule has 2 rings (SSSR count). The molecule has 5 nitrogen and oxygen atoms in total. The van der Waals surface area contributed by atoms with Gasteiger partial charge in [-0.25, -0.2) is 15.0 Å². The van der Waals surface area contributed by atoms with E-state index in [0.29, 0.717) is 10.9 Å². The lowest BCUT2D eigenvalue weighted by molar-refractivity contribution is 0.927. The van der Waals surface area contributed by atoms with Gasteiger partial charge in [0.1, 0.15) is 16.6 Å². The number of nitrogen functional groups attached to an aromatic ring is 1. The third-order valence-electron chi connectivity index (χ3n) is 1.97. The Hall–Kier alpha value is -1.95. The fourth-order valence-electron chi connectivity index (χ4n) is 1.19. The van der Waals surface area contributed by atoms with Crippen LogP contribution in [0.1, 0.15) is 11.4 Å². The molecule has 0 fully saturated rings. The third kappa shape index (κ3) is 3.01. The van der Waals surface area contributed by atoms with Gasteiger partial charge < -0.3 is 5.73 Å². The summed E-state index contributed by atoms with van der Waals surface area (Å²) in [7, 11) is 0. The maximum absolute atomic E-state index is 7.32. The van der Waals surface area contributed by atoms with E-state index in [0.717, 1.165) is 10.7 Å². The van der Waals surface area contributed by atoms with Gasteiger partial charge in [-0.3, -0.25) is 5.41 Å². The number of nitrogens with two attached hydrogens (primary N) is 1. The van der Waals surface area contributed by atoms with E-state index in [1.54, 1.807) is 12.3 Å². The first-order valence-corrected chi connectivity index (χ1v) is 5.76. The number of nitrogens with zero attached hydrogens (tertiary/aromatic N) is 3. The lowest BCUT2D eigenvalue weighted by Crippen LogP contribution is -2.13. The second-order valence-corrected chi connectivity index (χ2v) is 4.34. The zero-order valence-electron chi connectivity index (χ0n) is 9.21. The molecule has 0 aliphatic rings. The molecule has 0 aliphatic heterocycles. The summed E-state index contributed by atoms with van der Waals surface area (Å²) in [4.78, 5) is 12.6. The van der Waals surface area contributed by atoms with Crippen LogP contribution in [0.2, 0.25) is 0 Å². The Kier molecular flexibility index (Phi) is 3.34. The van der Waals surface area contributed by atoms with Crippen LogP contribution in [0.25, 0.3) is 0 Å². The first-order chi connectivity index (χ1) is 8.15. The van der Waals surface area contributed by atoms with Crippen molar-refractivity contribution >= 4 is 17.6 Å². The molecule has 2 heterocycles. The number of hydrogen-bond donors (Lipinski definition) is 2. The minimum absolute atomic E-state index is 0.0439. The Morgan fingerprint density at radius 2 is 2.12 bits per heavy atom. The van der Waals surface area contributed by atoms with Crippen molar-refractivity contribution in [3.05, 3.63) is 41.9 Å². The quantitative estimate of drug-likeness (QED) is 0.487. The van der Waals surface area contributed by atoms with Crippen LogP contribution < -0.4 is 5.73 Å². The summed E-state index contributed by atoms with van der Waals surface area (Å²) in [5.74, 6) is -0.0439. The number of aromatic nitrogens is 3. The topological polar surface area (TPSA) is 88.5 Å². The molecule has 0 bridgehead atoms. The average Bonchev–Trinajstić information content (AvgIpc) is 2.29. The number of nitrogens with one attached hydrogen (secondary N) is 1. The van der Waals surface area contributed by atoms with Gasteiger partial charge in [0.25, 0.3) is 0 Å². The molecule has 0 spiro atoms. The SMILES string of the molecule is Cc1ccnc(Sc2cccc(C(=N)N)n2)n1. The molecule has 0 unspecified atom stereocenters. The van der Waals surface area contributed by atoms with Crippen molar-refractivity contribution in [3.63, 3.8) is 0 Å². The van der Waals surface area contributed by atoms with Gasteiger partial charge in [0.2, 0.25) is 0 Å². The molecule has 0 amide bonds. The summed E-state index contributed by atoms with van der Waals surface area (Å²) in [6.45, 7) is 1.91. The molecule has 0 saturated carbocycles. The van der Waals surface area contributed by atoms with E-state index >= 15 is 0 Å². The number of pyridine rings is 1. The highest BCUT2D eigenvalue weighted by molar-refractivity contribution is 7.99. The molecule has 0 aliphatic carbocycles. The number of amidine groups is 1. The zero-order valence-corrected chi connectivity index (χ0v) is 10.0. The van der Waals surface area contributed by atoms with E-state index in [1.165, 1.54) is 11.8 Å². The predicted octanol–water partition coefficient (Wildman–Crippen LogP) is 1.62. The monoisotopic (exact) mass is 245 g/mol. The normalized spacial score (nSPS) is 10.2. The van der Waals surface area contributed by atoms with Crippen LogP contribution in [-0.4, -0.2) is 20.8 Å². The van der Waals surface area contributed by atoms with Crippen molar-refractivity contribution in [2.24, 2.45) is 5.73 Å². The van der Waals surface area contributed by atoms with E-state index in [1.807, 2.05) is 25.1 Å². The number of rotatable bonds is 3. The number of hydrogen-bond acceptors (Lipinski definition) is 5. The maximum Gasteiger partial charge on any atom is 0.194 e. The van der Waals surface area contributed by atoms with E-state index in [-0.39, 0.29) is 5.84 Å². The average molecular weight is 245 g/mol. The second-order valence-electron chi connectivity index (χ2n) is 3.36. The lowest BCUT2D eigenvalue weighted by atomic mass is 10.3. The van der Waals surface area contributed by atoms with E-state index in [9.17, 15) is 0 Å².